The number of rotatable bonds is 4. The number of hydrogen-bond donors (Lipinski definition) is 1. The summed E-state index contributed by atoms with van der Waals surface area (Å²) in [6.45, 7) is 1.33. The third-order valence-electron chi connectivity index (χ3n) is 3.42. The van der Waals surface area contributed by atoms with E-state index in [9.17, 15) is 9.59 Å². The monoisotopic (exact) mass is 297 g/mol. The SMILES string of the molecule is O=CNc1ccc2c(c1)C(=O)N(Cc1ccccn1)CCO2. The van der Waals surface area contributed by atoms with Gasteiger partial charge in [0.25, 0.3) is 5.91 Å². The number of benzene rings is 1. The maximum Gasteiger partial charge on any atom is 0.258 e. The molecule has 1 aliphatic rings. The lowest BCUT2D eigenvalue weighted by Crippen LogP contribution is -2.32. The maximum atomic E-state index is 12.7. The molecule has 0 unspecified atom stereocenters. The van der Waals surface area contributed by atoms with Crippen molar-refractivity contribution in [2.45, 2.75) is 6.54 Å². The van der Waals surface area contributed by atoms with Crippen LogP contribution in [0.1, 0.15) is 16.1 Å². The van der Waals surface area contributed by atoms with Gasteiger partial charge in [0.1, 0.15) is 12.4 Å². The molecule has 6 heteroatoms. The van der Waals surface area contributed by atoms with Crippen LogP contribution in [0.15, 0.2) is 42.6 Å². The molecule has 1 aliphatic heterocycles. The first-order valence-corrected chi connectivity index (χ1v) is 6.94. The summed E-state index contributed by atoms with van der Waals surface area (Å²) in [6, 6.07) is 10.6. The second-order valence-electron chi connectivity index (χ2n) is 4.87. The van der Waals surface area contributed by atoms with Crippen molar-refractivity contribution in [1.29, 1.82) is 0 Å². The minimum absolute atomic E-state index is 0.132. The first-order chi connectivity index (χ1) is 10.8. The Bertz CT molecular complexity index is 688. The van der Waals surface area contributed by atoms with E-state index in [-0.39, 0.29) is 5.91 Å². The maximum absolute atomic E-state index is 12.7. The van der Waals surface area contributed by atoms with Crippen LogP contribution in [-0.4, -0.2) is 35.4 Å². The van der Waals surface area contributed by atoms with E-state index in [0.29, 0.717) is 43.1 Å². The highest BCUT2D eigenvalue weighted by Gasteiger charge is 2.24. The van der Waals surface area contributed by atoms with E-state index >= 15 is 0 Å². The van der Waals surface area contributed by atoms with Crippen LogP contribution in [0.2, 0.25) is 0 Å². The van der Waals surface area contributed by atoms with Crippen LogP contribution in [-0.2, 0) is 11.3 Å². The number of anilines is 1. The molecule has 0 spiro atoms. The van der Waals surface area contributed by atoms with Crippen LogP contribution < -0.4 is 10.1 Å². The van der Waals surface area contributed by atoms with Crippen molar-refractivity contribution >= 4 is 18.0 Å². The first-order valence-electron chi connectivity index (χ1n) is 6.94. The smallest absolute Gasteiger partial charge is 0.258 e. The Morgan fingerprint density at radius 2 is 2.23 bits per heavy atom. The van der Waals surface area contributed by atoms with Crippen molar-refractivity contribution < 1.29 is 14.3 Å². The summed E-state index contributed by atoms with van der Waals surface area (Å²) in [7, 11) is 0. The average Bonchev–Trinajstić information content (AvgIpc) is 2.69. The summed E-state index contributed by atoms with van der Waals surface area (Å²) in [4.78, 5) is 29.2. The number of fused-ring (bicyclic) bond motifs is 1. The Morgan fingerprint density at radius 3 is 3.00 bits per heavy atom. The molecule has 1 aromatic carbocycles. The zero-order chi connectivity index (χ0) is 15.4. The Kier molecular flexibility index (Phi) is 4.00. The summed E-state index contributed by atoms with van der Waals surface area (Å²) in [5.74, 6) is 0.401. The molecule has 0 atom stereocenters. The Hall–Kier alpha value is -2.89. The highest BCUT2D eigenvalue weighted by atomic mass is 16.5. The van der Waals surface area contributed by atoms with Crippen LogP contribution in [0, 0.1) is 0 Å². The predicted molar refractivity (Wildman–Crippen MR) is 80.6 cm³/mol. The molecule has 0 bridgehead atoms. The number of ether oxygens (including phenoxy) is 1. The zero-order valence-corrected chi connectivity index (χ0v) is 11.9. The van der Waals surface area contributed by atoms with Crippen molar-refractivity contribution in [3.63, 3.8) is 0 Å². The fraction of sp³-hybridized carbons (Fsp3) is 0.188. The topological polar surface area (TPSA) is 71.5 Å². The van der Waals surface area contributed by atoms with Gasteiger partial charge in [0, 0.05) is 11.9 Å². The summed E-state index contributed by atoms with van der Waals surface area (Å²) >= 11 is 0. The van der Waals surface area contributed by atoms with Crippen LogP contribution >= 0.6 is 0 Å². The fourth-order valence-electron chi connectivity index (χ4n) is 2.36. The fourth-order valence-corrected chi connectivity index (χ4v) is 2.36. The van der Waals surface area contributed by atoms with Gasteiger partial charge < -0.3 is 15.0 Å². The Labute approximate surface area is 127 Å². The Balaban J connectivity index is 1.88. The first kappa shape index (κ1) is 14.1. The van der Waals surface area contributed by atoms with Crippen molar-refractivity contribution in [2.75, 3.05) is 18.5 Å². The number of amides is 2. The lowest BCUT2D eigenvalue weighted by Gasteiger charge is -2.19. The minimum atomic E-state index is -0.132. The van der Waals surface area contributed by atoms with Crippen molar-refractivity contribution in [3.05, 3.63) is 53.9 Å². The average molecular weight is 297 g/mol. The van der Waals surface area contributed by atoms with E-state index in [2.05, 4.69) is 10.3 Å². The van der Waals surface area contributed by atoms with Gasteiger partial charge >= 0.3 is 0 Å². The summed E-state index contributed by atoms with van der Waals surface area (Å²) in [5.41, 5.74) is 1.83. The largest absolute Gasteiger partial charge is 0.491 e. The van der Waals surface area contributed by atoms with Gasteiger partial charge in [-0.15, -0.1) is 0 Å². The standard InChI is InChI=1S/C16H15N3O3/c20-11-18-12-4-5-15-14(9-12)16(21)19(7-8-22-15)10-13-3-1-2-6-17-13/h1-6,9,11H,7-8,10H2,(H,18,20). The molecule has 1 aromatic heterocycles. The summed E-state index contributed by atoms with van der Waals surface area (Å²) in [5, 5.41) is 2.54. The molecular weight excluding hydrogens is 282 g/mol. The zero-order valence-electron chi connectivity index (χ0n) is 11.9. The molecule has 22 heavy (non-hydrogen) atoms. The predicted octanol–water partition coefficient (Wildman–Crippen LogP) is 1.68. The van der Waals surface area contributed by atoms with E-state index < -0.39 is 0 Å². The van der Waals surface area contributed by atoms with E-state index in [1.54, 1.807) is 29.3 Å². The molecule has 2 amide bonds. The van der Waals surface area contributed by atoms with Crippen molar-refractivity contribution in [2.24, 2.45) is 0 Å². The molecular formula is C16H15N3O3. The van der Waals surface area contributed by atoms with E-state index in [1.807, 2.05) is 18.2 Å². The minimum Gasteiger partial charge on any atom is -0.491 e. The van der Waals surface area contributed by atoms with E-state index in [4.69, 9.17) is 4.74 Å². The molecule has 0 fully saturated rings. The van der Waals surface area contributed by atoms with Crippen molar-refractivity contribution in [1.82, 2.24) is 9.88 Å². The highest BCUT2D eigenvalue weighted by molar-refractivity contribution is 5.98. The number of aromatic nitrogens is 1. The molecule has 0 aliphatic carbocycles. The van der Waals surface area contributed by atoms with E-state index in [1.165, 1.54) is 0 Å². The molecule has 0 saturated carbocycles. The number of nitrogens with zero attached hydrogens (tertiary/aromatic N) is 2. The van der Waals surface area contributed by atoms with Gasteiger partial charge in [-0.1, -0.05) is 6.07 Å². The summed E-state index contributed by atoms with van der Waals surface area (Å²) < 4.78 is 5.62. The molecule has 3 rings (SSSR count). The van der Waals surface area contributed by atoms with Crippen LogP contribution in [0.3, 0.4) is 0 Å². The van der Waals surface area contributed by atoms with Crippen LogP contribution in [0.25, 0.3) is 0 Å². The molecule has 1 N–H and O–H groups in total. The van der Waals surface area contributed by atoms with Gasteiger partial charge in [-0.05, 0) is 30.3 Å². The van der Waals surface area contributed by atoms with Gasteiger partial charge in [0.05, 0.1) is 24.3 Å². The molecule has 6 nitrogen and oxygen atoms in total. The molecule has 0 saturated heterocycles. The lowest BCUT2D eigenvalue weighted by molar-refractivity contribution is -0.105. The molecule has 2 aromatic rings. The normalized spacial score (nSPS) is 13.8. The van der Waals surface area contributed by atoms with Gasteiger partial charge in [-0.25, -0.2) is 0 Å². The number of carbonyl (C=O) groups is 2. The van der Waals surface area contributed by atoms with Gasteiger partial charge in [-0.2, -0.15) is 0 Å². The number of carbonyl (C=O) groups excluding carboxylic acids is 2. The van der Waals surface area contributed by atoms with Gasteiger partial charge in [-0.3, -0.25) is 14.6 Å². The summed E-state index contributed by atoms with van der Waals surface area (Å²) in [6.07, 6.45) is 2.28. The van der Waals surface area contributed by atoms with E-state index in [0.717, 1.165) is 5.69 Å². The number of nitrogens with one attached hydrogen (secondary N) is 1. The third kappa shape index (κ3) is 2.90. The lowest BCUT2D eigenvalue weighted by atomic mass is 10.1. The second kappa shape index (κ2) is 6.26. The third-order valence-corrected chi connectivity index (χ3v) is 3.42. The van der Waals surface area contributed by atoms with Crippen LogP contribution in [0.4, 0.5) is 5.69 Å². The van der Waals surface area contributed by atoms with Crippen molar-refractivity contribution in [3.8, 4) is 5.75 Å². The van der Waals surface area contributed by atoms with Crippen LogP contribution in [0.5, 0.6) is 5.75 Å². The second-order valence-corrected chi connectivity index (χ2v) is 4.87. The quantitative estimate of drug-likeness (QED) is 0.872. The molecule has 112 valence electrons. The number of hydrogen-bond acceptors (Lipinski definition) is 4. The Morgan fingerprint density at radius 1 is 1.32 bits per heavy atom. The van der Waals surface area contributed by atoms with Gasteiger partial charge in [0.2, 0.25) is 6.41 Å². The highest BCUT2D eigenvalue weighted by Crippen LogP contribution is 2.26. The molecule has 2 heterocycles. The number of pyridine rings is 1. The molecule has 0 radical (unpaired) electrons. The van der Waals surface area contributed by atoms with Gasteiger partial charge in [0.15, 0.2) is 0 Å².